The van der Waals surface area contributed by atoms with E-state index in [4.69, 9.17) is 4.74 Å². The molecule has 0 aliphatic carbocycles. The summed E-state index contributed by atoms with van der Waals surface area (Å²) in [5, 5.41) is 2.33. The zero-order chi connectivity index (χ0) is 28.1. The molecule has 0 atom stereocenters. The largest absolute Gasteiger partial charge is 4.00 e. The molecule has 0 spiro atoms. The first-order chi connectivity index (χ1) is 19.8. The van der Waals surface area contributed by atoms with Crippen LogP contribution < -0.4 is 14.5 Å². The van der Waals surface area contributed by atoms with E-state index in [0.717, 1.165) is 40.1 Å². The van der Waals surface area contributed by atoms with Gasteiger partial charge in [0.05, 0.1) is 0 Å². The summed E-state index contributed by atoms with van der Waals surface area (Å²) in [7, 11) is 2.07. The maximum atomic E-state index is 6.53. The van der Waals surface area contributed by atoms with Crippen molar-refractivity contribution in [3.05, 3.63) is 133 Å². The van der Waals surface area contributed by atoms with Crippen LogP contribution in [0.15, 0.2) is 97.1 Å². The number of anilines is 3. The van der Waals surface area contributed by atoms with E-state index in [0.29, 0.717) is 11.5 Å². The van der Waals surface area contributed by atoms with Gasteiger partial charge in [-0.25, -0.2) is 0 Å². The standard InChI is InChI=1S/C37H31N3O.Pt/c1-37(2,3)27-20-28(40-25-38(4)35-16-10-11-17-36(35)40)22-30(21-27)41-29-18-19-34-32(23-29)31-14-8-9-15-33(31)39(34)24-26-12-6-5-7-13-26;/h5-12,14-17,19-21,23,25H,24H2,1-4H3;/q-4;+4. The van der Waals surface area contributed by atoms with Crippen LogP contribution in [0.4, 0.5) is 17.1 Å². The number of nitrogens with zero attached hydrogens (tertiary/aromatic N) is 3. The van der Waals surface area contributed by atoms with Crippen molar-refractivity contribution in [3.8, 4) is 11.5 Å². The van der Waals surface area contributed by atoms with Gasteiger partial charge < -0.3 is 19.1 Å². The molecule has 0 unspecified atom stereocenters. The molecular weight excluding hydrogens is 698 g/mol. The van der Waals surface area contributed by atoms with Gasteiger partial charge in [0, 0.05) is 34.9 Å². The molecule has 0 radical (unpaired) electrons. The topological polar surface area (TPSA) is 20.6 Å². The molecular formula is C37H31N3OPt. The molecule has 7 rings (SSSR count). The average molecular weight is 729 g/mol. The minimum atomic E-state index is -0.0668. The number of benzene rings is 5. The van der Waals surface area contributed by atoms with Gasteiger partial charge in [-0.3, -0.25) is 0 Å². The van der Waals surface area contributed by atoms with E-state index < -0.39 is 0 Å². The molecule has 0 fully saturated rings. The van der Waals surface area contributed by atoms with Crippen molar-refractivity contribution in [3.63, 3.8) is 0 Å². The number of ether oxygens (including phenoxy) is 1. The minimum Gasteiger partial charge on any atom is -0.509 e. The fourth-order valence-corrected chi connectivity index (χ4v) is 5.62. The van der Waals surface area contributed by atoms with E-state index >= 15 is 0 Å². The Morgan fingerprint density at radius 3 is 2.33 bits per heavy atom. The molecule has 6 aromatic rings. The molecule has 0 saturated heterocycles. The van der Waals surface area contributed by atoms with Crippen molar-refractivity contribution < 1.29 is 25.8 Å². The third-order valence-corrected chi connectivity index (χ3v) is 7.77. The van der Waals surface area contributed by atoms with Gasteiger partial charge in [-0.2, -0.15) is 37.0 Å². The van der Waals surface area contributed by atoms with Crippen LogP contribution in [0.25, 0.3) is 21.8 Å². The number of fused-ring (bicyclic) bond motifs is 4. The van der Waals surface area contributed by atoms with E-state index in [1.54, 1.807) is 0 Å². The number of para-hydroxylation sites is 3. The maximum Gasteiger partial charge on any atom is 4.00 e. The van der Waals surface area contributed by atoms with Crippen molar-refractivity contribution in [2.45, 2.75) is 32.7 Å². The molecule has 0 bridgehead atoms. The summed E-state index contributed by atoms with van der Waals surface area (Å²) in [6.45, 7) is 9.51. The van der Waals surface area contributed by atoms with Crippen molar-refractivity contribution >= 4 is 38.9 Å². The monoisotopic (exact) mass is 728 g/mol. The molecule has 0 amide bonds. The second kappa shape index (κ2) is 11.0. The zero-order valence-corrected chi connectivity index (χ0v) is 26.4. The Kier molecular flexibility index (Phi) is 7.37. The molecule has 5 aromatic carbocycles. The van der Waals surface area contributed by atoms with Crippen LogP contribution >= 0.6 is 0 Å². The van der Waals surface area contributed by atoms with Crippen LogP contribution in [0.2, 0.25) is 0 Å². The summed E-state index contributed by atoms with van der Waals surface area (Å²) in [6.07, 6.45) is 0. The van der Waals surface area contributed by atoms with Crippen molar-refractivity contribution in [2.24, 2.45) is 0 Å². The number of hydrogen-bond acceptors (Lipinski definition) is 3. The van der Waals surface area contributed by atoms with Crippen LogP contribution in [0.1, 0.15) is 31.9 Å². The Labute approximate surface area is 262 Å². The fraction of sp³-hybridized carbons (Fsp3) is 0.162. The first-order valence-electron chi connectivity index (χ1n) is 14.0. The molecule has 42 heavy (non-hydrogen) atoms. The Hall–Kier alpha value is -4.01. The molecule has 5 heteroatoms. The quantitative estimate of drug-likeness (QED) is 0.165. The van der Waals surface area contributed by atoms with Crippen LogP contribution in [-0.4, -0.2) is 11.6 Å². The second-order valence-corrected chi connectivity index (χ2v) is 11.6. The van der Waals surface area contributed by atoms with E-state index in [9.17, 15) is 0 Å². The summed E-state index contributed by atoms with van der Waals surface area (Å²) >= 11 is 0. The third-order valence-electron chi connectivity index (χ3n) is 7.77. The number of aromatic nitrogens is 1. The Bertz CT molecular complexity index is 1890. The van der Waals surface area contributed by atoms with Gasteiger partial charge in [-0.1, -0.05) is 62.0 Å². The predicted molar refractivity (Wildman–Crippen MR) is 168 cm³/mol. The smallest absolute Gasteiger partial charge is 0.509 e. The molecule has 0 saturated carbocycles. The Morgan fingerprint density at radius 2 is 1.55 bits per heavy atom. The minimum absolute atomic E-state index is 0. The Balaban J connectivity index is 0.00000316. The van der Waals surface area contributed by atoms with Crippen LogP contribution in [0.3, 0.4) is 0 Å². The summed E-state index contributed by atoms with van der Waals surface area (Å²) in [4.78, 5) is 4.32. The fourth-order valence-electron chi connectivity index (χ4n) is 5.62. The van der Waals surface area contributed by atoms with Gasteiger partial charge in [-0.15, -0.1) is 53.2 Å². The number of rotatable bonds is 5. The van der Waals surface area contributed by atoms with Crippen molar-refractivity contribution in [1.29, 1.82) is 0 Å². The normalized spacial score (nSPS) is 13.0. The van der Waals surface area contributed by atoms with Gasteiger partial charge in [0.25, 0.3) is 0 Å². The first-order valence-corrected chi connectivity index (χ1v) is 14.0. The zero-order valence-electron chi connectivity index (χ0n) is 24.1. The van der Waals surface area contributed by atoms with Crippen LogP contribution in [0.5, 0.6) is 11.5 Å². The van der Waals surface area contributed by atoms with E-state index in [1.807, 2.05) is 18.2 Å². The summed E-state index contributed by atoms with van der Waals surface area (Å²) in [6, 6.07) is 43.9. The van der Waals surface area contributed by atoms with Gasteiger partial charge in [0.1, 0.15) is 0 Å². The summed E-state index contributed by atoms with van der Waals surface area (Å²) in [5.74, 6) is 1.34. The third kappa shape index (κ3) is 5.10. The van der Waals surface area contributed by atoms with Crippen LogP contribution in [0, 0.1) is 24.9 Å². The predicted octanol–water partition coefficient (Wildman–Crippen LogP) is 9.04. The summed E-state index contributed by atoms with van der Waals surface area (Å²) in [5.41, 5.74) is 7.79. The van der Waals surface area contributed by atoms with Gasteiger partial charge >= 0.3 is 21.1 Å². The van der Waals surface area contributed by atoms with Crippen LogP contribution in [-0.2, 0) is 33.0 Å². The van der Waals surface area contributed by atoms with E-state index in [1.165, 1.54) is 16.5 Å². The van der Waals surface area contributed by atoms with Gasteiger partial charge in [-0.05, 0) is 36.0 Å². The average Bonchev–Trinajstić information content (AvgIpc) is 3.48. The first kappa shape index (κ1) is 28.1. The van der Waals surface area contributed by atoms with Crippen molar-refractivity contribution in [1.82, 2.24) is 4.57 Å². The SMILES string of the molecule is CN1[CH-]N(c2[c-]c(Oc3[c-]cc4c(c3)c3ccccc3n4Cc3[c-]cccc3)cc(C(C)(C)C)c2)c2ccccc21.[Pt+4]. The molecule has 1 aliphatic rings. The van der Waals surface area contributed by atoms with Crippen molar-refractivity contribution in [2.75, 3.05) is 16.8 Å². The Morgan fingerprint density at radius 1 is 0.786 bits per heavy atom. The second-order valence-electron chi connectivity index (χ2n) is 11.6. The molecule has 4 nitrogen and oxygen atoms in total. The van der Waals surface area contributed by atoms with E-state index in [-0.39, 0.29) is 26.5 Å². The number of hydrogen-bond donors (Lipinski definition) is 0. The molecule has 1 aromatic heterocycles. The molecule has 210 valence electrons. The van der Waals surface area contributed by atoms with Gasteiger partial charge in [0.15, 0.2) is 0 Å². The molecule has 1 aliphatic heterocycles. The summed E-state index contributed by atoms with van der Waals surface area (Å²) < 4.78 is 8.86. The maximum absolute atomic E-state index is 6.53. The van der Waals surface area contributed by atoms with Gasteiger partial charge in [0.2, 0.25) is 0 Å². The molecule has 2 heterocycles. The molecule has 0 N–H and O–H groups in total. The van der Waals surface area contributed by atoms with E-state index in [2.05, 4.69) is 146 Å².